The first-order chi connectivity index (χ1) is 9.11. The molecular formula is C14H19NO4. The number of hydrogen-bond acceptors (Lipinski definition) is 5. The Bertz CT molecular complexity index is 467. The van der Waals surface area contributed by atoms with Crippen LogP contribution in [0.25, 0.3) is 0 Å². The maximum Gasteiger partial charge on any atom is 0.338 e. The summed E-state index contributed by atoms with van der Waals surface area (Å²) in [5, 5.41) is 0. The number of carbonyl (C=O) groups is 1. The minimum absolute atomic E-state index is 0.124. The van der Waals surface area contributed by atoms with Crippen LogP contribution >= 0.6 is 0 Å². The van der Waals surface area contributed by atoms with Crippen molar-refractivity contribution < 1.29 is 19.0 Å². The molecule has 19 heavy (non-hydrogen) atoms. The van der Waals surface area contributed by atoms with E-state index in [9.17, 15) is 4.79 Å². The van der Waals surface area contributed by atoms with Gasteiger partial charge in [-0.25, -0.2) is 4.79 Å². The summed E-state index contributed by atoms with van der Waals surface area (Å²) in [7, 11) is 1.35. The highest BCUT2D eigenvalue weighted by atomic mass is 16.5. The predicted molar refractivity (Wildman–Crippen MR) is 71.4 cm³/mol. The van der Waals surface area contributed by atoms with Crippen LogP contribution in [0.4, 0.5) is 5.69 Å². The molecule has 5 heteroatoms. The standard InChI is InChI=1S/C14H19NO4/c1-9-7-13(19-10-3-5-18-6-4-10)12(15)8-11(9)14(16)17-2/h7-8,10H,3-6,15H2,1-2H3. The lowest BCUT2D eigenvalue weighted by Gasteiger charge is -2.24. The Hall–Kier alpha value is -1.75. The van der Waals surface area contributed by atoms with Gasteiger partial charge in [0.2, 0.25) is 0 Å². The second-order valence-corrected chi connectivity index (χ2v) is 4.63. The molecule has 1 fully saturated rings. The molecular weight excluding hydrogens is 246 g/mol. The topological polar surface area (TPSA) is 70.8 Å². The number of esters is 1. The van der Waals surface area contributed by atoms with Crippen molar-refractivity contribution in [3.63, 3.8) is 0 Å². The summed E-state index contributed by atoms with van der Waals surface area (Å²) in [6, 6.07) is 3.40. The summed E-state index contributed by atoms with van der Waals surface area (Å²) in [4.78, 5) is 11.6. The normalized spacial score (nSPS) is 16.1. The molecule has 0 amide bonds. The van der Waals surface area contributed by atoms with E-state index in [-0.39, 0.29) is 12.1 Å². The van der Waals surface area contributed by atoms with Crippen molar-refractivity contribution >= 4 is 11.7 Å². The molecule has 0 saturated carbocycles. The molecule has 0 spiro atoms. The molecule has 0 unspecified atom stereocenters. The molecule has 0 atom stereocenters. The smallest absolute Gasteiger partial charge is 0.338 e. The van der Waals surface area contributed by atoms with Crippen molar-refractivity contribution in [2.45, 2.75) is 25.9 Å². The van der Waals surface area contributed by atoms with E-state index in [4.69, 9.17) is 19.9 Å². The van der Waals surface area contributed by atoms with E-state index < -0.39 is 0 Å². The number of rotatable bonds is 3. The van der Waals surface area contributed by atoms with Crippen molar-refractivity contribution in [2.75, 3.05) is 26.1 Å². The maximum atomic E-state index is 11.6. The Morgan fingerprint density at radius 3 is 2.68 bits per heavy atom. The summed E-state index contributed by atoms with van der Waals surface area (Å²) < 4.78 is 15.9. The number of ether oxygens (including phenoxy) is 3. The van der Waals surface area contributed by atoms with Crippen LogP contribution in [-0.4, -0.2) is 32.4 Å². The second-order valence-electron chi connectivity index (χ2n) is 4.63. The zero-order chi connectivity index (χ0) is 13.8. The molecule has 0 bridgehead atoms. The number of aryl methyl sites for hydroxylation is 1. The first kappa shape index (κ1) is 13.7. The van der Waals surface area contributed by atoms with Crippen molar-refractivity contribution in [2.24, 2.45) is 0 Å². The van der Waals surface area contributed by atoms with Gasteiger partial charge in [0.15, 0.2) is 0 Å². The average molecular weight is 265 g/mol. The summed E-state index contributed by atoms with van der Waals surface area (Å²) in [6.07, 6.45) is 1.84. The Labute approximate surface area is 112 Å². The van der Waals surface area contributed by atoms with E-state index in [1.54, 1.807) is 12.1 Å². The van der Waals surface area contributed by atoms with Crippen LogP contribution in [0.5, 0.6) is 5.75 Å². The molecule has 5 nitrogen and oxygen atoms in total. The zero-order valence-corrected chi connectivity index (χ0v) is 11.3. The van der Waals surface area contributed by atoms with Gasteiger partial charge in [0.1, 0.15) is 11.9 Å². The van der Waals surface area contributed by atoms with Gasteiger partial charge in [-0.2, -0.15) is 0 Å². The van der Waals surface area contributed by atoms with Crippen LogP contribution in [0.2, 0.25) is 0 Å². The van der Waals surface area contributed by atoms with Gasteiger partial charge < -0.3 is 19.9 Å². The van der Waals surface area contributed by atoms with Crippen LogP contribution in [0, 0.1) is 6.92 Å². The van der Waals surface area contributed by atoms with Gasteiger partial charge in [-0.1, -0.05) is 0 Å². The average Bonchev–Trinajstić information content (AvgIpc) is 2.43. The van der Waals surface area contributed by atoms with Crippen LogP contribution in [0.15, 0.2) is 12.1 Å². The molecule has 2 N–H and O–H groups in total. The highest BCUT2D eigenvalue weighted by Gasteiger charge is 2.18. The minimum atomic E-state index is -0.387. The van der Waals surface area contributed by atoms with Gasteiger partial charge in [-0.3, -0.25) is 0 Å². The summed E-state index contributed by atoms with van der Waals surface area (Å²) in [5.74, 6) is 0.235. The van der Waals surface area contributed by atoms with E-state index in [1.807, 2.05) is 6.92 Å². The number of carbonyl (C=O) groups excluding carboxylic acids is 1. The number of methoxy groups -OCH3 is 1. The predicted octanol–water partition coefficient (Wildman–Crippen LogP) is 1.92. The van der Waals surface area contributed by atoms with E-state index in [1.165, 1.54) is 7.11 Å². The highest BCUT2D eigenvalue weighted by Crippen LogP contribution is 2.28. The van der Waals surface area contributed by atoms with E-state index in [0.717, 1.165) is 18.4 Å². The molecule has 1 aromatic carbocycles. The molecule has 1 aromatic rings. The summed E-state index contributed by atoms with van der Waals surface area (Å²) >= 11 is 0. The van der Waals surface area contributed by atoms with Crippen LogP contribution in [-0.2, 0) is 9.47 Å². The second kappa shape index (κ2) is 5.93. The van der Waals surface area contributed by atoms with Gasteiger partial charge in [-0.05, 0) is 24.6 Å². The summed E-state index contributed by atoms with van der Waals surface area (Å²) in [5.41, 5.74) is 7.66. The lowest BCUT2D eigenvalue weighted by molar-refractivity contribution is 0.0258. The van der Waals surface area contributed by atoms with Gasteiger partial charge in [0.25, 0.3) is 0 Å². The fraction of sp³-hybridized carbons (Fsp3) is 0.500. The molecule has 2 rings (SSSR count). The van der Waals surface area contributed by atoms with Gasteiger partial charge in [-0.15, -0.1) is 0 Å². The first-order valence-electron chi connectivity index (χ1n) is 6.34. The molecule has 1 aliphatic heterocycles. The largest absolute Gasteiger partial charge is 0.488 e. The van der Waals surface area contributed by atoms with Gasteiger partial charge >= 0.3 is 5.97 Å². The van der Waals surface area contributed by atoms with E-state index in [0.29, 0.717) is 30.2 Å². The minimum Gasteiger partial charge on any atom is -0.488 e. The van der Waals surface area contributed by atoms with Crippen molar-refractivity contribution in [1.82, 2.24) is 0 Å². The van der Waals surface area contributed by atoms with E-state index >= 15 is 0 Å². The molecule has 0 aliphatic carbocycles. The number of benzene rings is 1. The third-order valence-electron chi connectivity index (χ3n) is 3.22. The van der Waals surface area contributed by atoms with Crippen LogP contribution in [0.3, 0.4) is 0 Å². The third kappa shape index (κ3) is 3.17. The van der Waals surface area contributed by atoms with Gasteiger partial charge in [0.05, 0.1) is 31.6 Å². The first-order valence-corrected chi connectivity index (χ1v) is 6.34. The highest BCUT2D eigenvalue weighted by molar-refractivity contribution is 5.92. The Kier molecular flexibility index (Phi) is 4.27. The molecule has 104 valence electrons. The van der Waals surface area contributed by atoms with Crippen molar-refractivity contribution in [3.05, 3.63) is 23.3 Å². The number of nitrogens with two attached hydrogens (primary N) is 1. The monoisotopic (exact) mass is 265 g/mol. The molecule has 0 aromatic heterocycles. The third-order valence-corrected chi connectivity index (χ3v) is 3.22. The summed E-state index contributed by atoms with van der Waals surface area (Å²) in [6.45, 7) is 3.26. The molecule has 1 saturated heterocycles. The quantitative estimate of drug-likeness (QED) is 0.668. The Morgan fingerprint density at radius 1 is 1.37 bits per heavy atom. The number of hydrogen-bond donors (Lipinski definition) is 1. The number of nitrogen functional groups attached to an aromatic ring is 1. The van der Waals surface area contributed by atoms with Gasteiger partial charge in [0, 0.05) is 12.8 Å². The van der Waals surface area contributed by atoms with Crippen molar-refractivity contribution in [1.29, 1.82) is 0 Å². The Morgan fingerprint density at radius 2 is 2.05 bits per heavy atom. The van der Waals surface area contributed by atoms with E-state index in [2.05, 4.69) is 0 Å². The Balaban J connectivity index is 2.17. The lowest BCUT2D eigenvalue weighted by atomic mass is 10.1. The molecule has 1 aliphatic rings. The van der Waals surface area contributed by atoms with Crippen LogP contribution in [0.1, 0.15) is 28.8 Å². The maximum absolute atomic E-state index is 11.6. The molecule has 0 radical (unpaired) electrons. The number of anilines is 1. The van der Waals surface area contributed by atoms with Crippen LogP contribution < -0.4 is 10.5 Å². The fourth-order valence-electron chi connectivity index (χ4n) is 2.10. The fourth-order valence-corrected chi connectivity index (χ4v) is 2.10. The zero-order valence-electron chi connectivity index (χ0n) is 11.3. The van der Waals surface area contributed by atoms with Crippen molar-refractivity contribution in [3.8, 4) is 5.75 Å². The molecule has 1 heterocycles. The SMILES string of the molecule is COC(=O)c1cc(N)c(OC2CCOCC2)cc1C. The lowest BCUT2D eigenvalue weighted by Crippen LogP contribution is -2.26.